The highest BCUT2D eigenvalue weighted by molar-refractivity contribution is 5.72. The zero-order chi connectivity index (χ0) is 15.9. The van der Waals surface area contributed by atoms with E-state index in [9.17, 15) is 19.5 Å². The van der Waals surface area contributed by atoms with Crippen LogP contribution in [0.1, 0.15) is 18.1 Å². The summed E-state index contributed by atoms with van der Waals surface area (Å²) in [6.07, 6.45) is -0.942. The van der Waals surface area contributed by atoms with Crippen LogP contribution in [-0.4, -0.2) is 52.1 Å². The van der Waals surface area contributed by atoms with E-state index in [0.29, 0.717) is 6.42 Å². The van der Waals surface area contributed by atoms with Crippen molar-refractivity contribution in [3.63, 3.8) is 0 Å². The monoisotopic (exact) mass is 312 g/mol. The van der Waals surface area contributed by atoms with Gasteiger partial charge in [-0.2, -0.15) is 0 Å². The fourth-order valence-corrected chi connectivity index (χ4v) is 2.90. The highest BCUT2D eigenvalue weighted by Crippen LogP contribution is 2.37. The van der Waals surface area contributed by atoms with Crippen LogP contribution >= 0.6 is 0 Å². The van der Waals surface area contributed by atoms with Crippen molar-refractivity contribution in [2.45, 2.75) is 36.9 Å². The van der Waals surface area contributed by atoms with Crippen molar-refractivity contribution in [2.75, 3.05) is 6.61 Å². The maximum atomic E-state index is 11.8. The van der Waals surface area contributed by atoms with Crippen molar-refractivity contribution in [3.05, 3.63) is 32.6 Å². The van der Waals surface area contributed by atoms with Crippen LogP contribution in [0.15, 0.2) is 15.8 Å². The number of nitrogens with one attached hydrogen (secondary N) is 3. The van der Waals surface area contributed by atoms with Crippen LogP contribution in [0.5, 0.6) is 0 Å². The van der Waals surface area contributed by atoms with Gasteiger partial charge in [-0.3, -0.25) is 9.78 Å². The lowest BCUT2D eigenvalue weighted by molar-refractivity contribution is -0.126. The third-order valence-electron chi connectivity index (χ3n) is 3.89. The molecule has 1 aromatic heterocycles. The zero-order valence-electron chi connectivity index (χ0n) is 11.4. The van der Waals surface area contributed by atoms with E-state index in [1.54, 1.807) is 0 Å². The number of H-pyrrole nitrogens is 2. The van der Waals surface area contributed by atoms with Crippen molar-refractivity contribution in [3.8, 4) is 0 Å². The number of fused-ring (bicyclic) bond motifs is 1. The van der Waals surface area contributed by atoms with Gasteiger partial charge in [0.1, 0.15) is 12.2 Å². The molecular weight excluding hydrogens is 296 g/mol. The number of aromatic nitrogens is 2. The van der Waals surface area contributed by atoms with Crippen molar-refractivity contribution < 1.29 is 19.4 Å². The van der Waals surface area contributed by atoms with Gasteiger partial charge in [-0.05, 0) is 0 Å². The van der Waals surface area contributed by atoms with Gasteiger partial charge >= 0.3 is 11.7 Å². The Bertz CT molecular complexity index is 685. The average Bonchev–Trinajstić information content (AvgIpc) is 2.85. The second kappa shape index (κ2) is 5.55. The number of nitrogens with two attached hydrogens (primary N) is 1. The first-order valence-electron chi connectivity index (χ1n) is 6.78. The van der Waals surface area contributed by atoms with Crippen LogP contribution in [0, 0.1) is 0 Å². The van der Waals surface area contributed by atoms with Gasteiger partial charge in [0, 0.05) is 12.6 Å². The van der Waals surface area contributed by atoms with Gasteiger partial charge in [0.05, 0.1) is 30.4 Å². The first kappa shape index (κ1) is 14.8. The topological polar surface area (TPSA) is 160 Å². The molecule has 2 fully saturated rings. The summed E-state index contributed by atoms with van der Waals surface area (Å²) in [7, 11) is 0. The summed E-state index contributed by atoms with van der Waals surface area (Å²) in [4.78, 5) is 38.4. The van der Waals surface area contributed by atoms with Crippen LogP contribution < -0.4 is 22.3 Å². The smallest absolute Gasteiger partial charge is 0.325 e. The van der Waals surface area contributed by atoms with Gasteiger partial charge in [-0.25, -0.2) is 9.59 Å². The third-order valence-corrected chi connectivity index (χ3v) is 3.89. The highest BCUT2D eigenvalue weighted by atomic mass is 16.6. The van der Waals surface area contributed by atoms with Gasteiger partial charge < -0.3 is 30.6 Å². The molecule has 2 aliphatic heterocycles. The molecule has 6 N–H and O–H groups in total. The minimum Gasteiger partial charge on any atom is -0.388 e. The Morgan fingerprint density at radius 3 is 2.91 bits per heavy atom. The Kier molecular flexibility index (Phi) is 3.72. The second-order valence-electron chi connectivity index (χ2n) is 5.33. The molecule has 3 heterocycles. The summed E-state index contributed by atoms with van der Waals surface area (Å²) in [6, 6.07) is -1.50. The maximum absolute atomic E-state index is 11.8. The standard InChI is InChI=1S/C12H16N4O6/c13-11(19)15-8-5(17)3-21-7-1-6(22-9(7)8)4-2-14-12(20)16-10(4)18/h2,5-9,17H,1,3H2,(H3,13,15,19)(H2,14,16,18,20). The molecular formula is C12H16N4O6. The summed E-state index contributed by atoms with van der Waals surface area (Å²) >= 11 is 0. The number of amides is 2. The summed E-state index contributed by atoms with van der Waals surface area (Å²) in [5.74, 6) is 0. The van der Waals surface area contributed by atoms with Gasteiger partial charge in [0.25, 0.3) is 5.56 Å². The van der Waals surface area contributed by atoms with E-state index in [0.717, 1.165) is 0 Å². The van der Waals surface area contributed by atoms with Crippen molar-refractivity contribution in [1.82, 2.24) is 15.3 Å². The lowest BCUT2D eigenvalue weighted by atomic mass is 9.96. The highest BCUT2D eigenvalue weighted by Gasteiger charge is 2.48. The summed E-state index contributed by atoms with van der Waals surface area (Å²) in [5.41, 5.74) is 4.20. The maximum Gasteiger partial charge on any atom is 0.325 e. The Balaban J connectivity index is 1.84. The number of carbonyl (C=O) groups excluding carboxylic acids is 1. The molecule has 0 aliphatic carbocycles. The van der Waals surface area contributed by atoms with E-state index in [1.165, 1.54) is 6.20 Å². The molecule has 1 aromatic rings. The number of hydrogen-bond acceptors (Lipinski definition) is 6. The molecule has 2 saturated heterocycles. The van der Waals surface area contributed by atoms with E-state index in [1.807, 2.05) is 0 Å². The molecule has 120 valence electrons. The Morgan fingerprint density at radius 2 is 2.23 bits per heavy atom. The van der Waals surface area contributed by atoms with Crippen molar-refractivity contribution >= 4 is 6.03 Å². The summed E-state index contributed by atoms with van der Waals surface area (Å²) < 4.78 is 11.2. The molecule has 0 saturated carbocycles. The molecule has 10 heteroatoms. The van der Waals surface area contributed by atoms with Gasteiger partial charge in [0.2, 0.25) is 0 Å². The lowest BCUT2D eigenvalue weighted by Gasteiger charge is -2.36. The number of hydrogen-bond donors (Lipinski definition) is 5. The minimum atomic E-state index is -0.957. The van der Waals surface area contributed by atoms with Gasteiger partial charge in [-0.1, -0.05) is 0 Å². The number of urea groups is 1. The molecule has 2 amide bonds. The van der Waals surface area contributed by atoms with Crippen molar-refractivity contribution in [2.24, 2.45) is 5.73 Å². The predicted molar refractivity (Wildman–Crippen MR) is 72.2 cm³/mol. The molecule has 10 nitrogen and oxygen atoms in total. The molecule has 3 rings (SSSR count). The first-order chi connectivity index (χ1) is 10.5. The molecule has 0 aromatic carbocycles. The first-order valence-corrected chi connectivity index (χ1v) is 6.78. The van der Waals surface area contributed by atoms with Gasteiger partial charge in [-0.15, -0.1) is 0 Å². The fraction of sp³-hybridized carbons (Fsp3) is 0.583. The second-order valence-corrected chi connectivity index (χ2v) is 5.33. The molecule has 5 unspecified atom stereocenters. The zero-order valence-corrected chi connectivity index (χ0v) is 11.4. The number of carbonyl (C=O) groups is 1. The molecule has 2 aliphatic rings. The lowest BCUT2D eigenvalue weighted by Crippen LogP contribution is -2.60. The number of aliphatic hydroxyl groups excluding tert-OH is 1. The van der Waals surface area contributed by atoms with E-state index in [4.69, 9.17) is 15.2 Å². The number of ether oxygens (including phenoxy) is 2. The Morgan fingerprint density at radius 1 is 1.45 bits per heavy atom. The van der Waals surface area contributed by atoms with E-state index in [-0.39, 0.29) is 12.2 Å². The molecule has 0 radical (unpaired) electrons. The number of aliphatic hydroxyl groups is 1. The van der Waals surface area contributed by atoms with Gasteiger partial charge in [0.15, 0.2) is 0 Å². The van der Waals surface area contributed by atoms with E-state index >= 15 is 0 Å². The third kappa shape index (κ3) is 2.63. The van der Waals surface area contributed by atoms with Crippen LogP contribution in [0.4, 0.5) is 4.79 Å². The van der Waals surface area contributed by atoms with Crippen molar-refractivity contribution in [1.29, 1.82) is 0 Å². The normalized spacial score (nSPS) is 34.1. The number of aromatic amines is 2. The largest absolute Gasteiger partial charge is 0.388 e. The number of primary amides is 1. The van der Waals surface area contributed by atoms with Crippen LogP contribution in [0.2, 0.25) is 0 Å². The van der Waals surface area contributed by atoms with E-state index in [2.05, 4.69) is 15.3 Å². The molecule has 0 bridgehead atoms. The van der Waals surface area contributed by atoms with Crippen LogP contribution in [-0.2, 0) is 9.47 Å². The predicted octanol–water partition coefficient (Wildman–Crippen LogP) is -2.31. The summed E-state index contributed by atoms with van der Waals surface area (Å²) in [5, 5.41) is 12.4. The number of rotatable bonds is 2. The van der Waals surface area contributed by atoms with Crippen LogP contribution in [0.3, 0.4) is 0 Å². The average molecular weight is 312 g/mol. The quantitative estimate of drug-likeness (QED) is 0.412. The summed E-state index contributed by atoms with van der Waals surface area (Å²) in [6.45, 7) is 0.0319. The minimum absolute atomic E-state index is 0.0319. The van der Waals surface area contributed by atoms with Crippen LogP contribution in [0.25, 0.3) is 0 Å². The Labute approximate surface area is 123 Å². The Hall–Kier alpha value is -2.17. The fourth-order valence-electron chi connectivity index (χ4n) is 2.90. The SMILES string of the molecule is NC(=O)NC1C(O)COC2CC(c3c[nH]c(=O)[nH]c3=O)OC21. The molecule has 22 heavy (non-hydrogen) atoms. The molecule has 5 atom stereocenters. The molecule has 0 spiro atoms. The van der Waals surface area contributed by atoms with E-state index < -0.39 is 47.7 Å².